The standard InChI is InChI=1S/C24H22N2O3/c1-2-28-20-11-7-6-10-17(20)22-18(14-25)24(26)29-21-13-16(12-19(27)23(21)22)15-8-4-3-5-9-15/h3-11,16,22H,2,12-13,26H2,1H3/t16-,22-/m1/s1. The number of hydrogen-bond acceptors (Lipinski definition) is 5. The average molecular weight is 386 g/mol. The summed E-state index contributed by atoms with van der Waals surface area (Å²) in [6, 6.07) is 19.6. The van der Waals surface area contributed by atoms with Crippen molar-refractivity contribution in [2.75, 3.05) is 6.61 Å². The topological polar surface area (TPSA) is 85.3 Å². The first-order valence-electron chi connectivity index (χ1n) is 9.74. The maximum absolute atomic E-state index is 13.3. The molecular weight excluding hydrogens is 364 g/mol. The van der Waals surface area contributed by atoms with E-state index in [-0.39, 0.29) is 23.2 Å². The van der Waals surface area contributed by atoms with Gasteiger partial charge >= 0.3 is 0 Å². The maximum atomic E-state index is 13.3. The van der Waals surface area contributed by atoms with Gasteiger partial charge in [0.25, 0.3) is 0 Å². The number of nitrogens with zero attached hydrogens (tertiary/aromatic N) is 1. The quantitative estimate of drug-likeness (QED) is 0.847. The summed E-state index contributed by atoms with van der Waals surface area (Å²) in [6.07, 6.45) is 0.940. The van der Waals surface area contributed by atoms with Crippen LogP contribution in [0.25, 0.3) is 0 Å². The van der Waals surface area contributed by atoms with Crippen molar-refractivity contribution in [3.8, 4) is 11.8 Å². The van der Waals surface area contributed by atoms with Crippen LogP contribution in [0.3, 0.4) is 0 Å². The summed E-state index contributed by atoms with van der Waals surface area (Å²) in [5.41, 5.74) is 8.76. The van der Waals surface area contributed by atoms with E-state index in [9.17, 15) is 10.1 Å². The van der Waals surface area contributed by atoms with E-state index < -0.39 is 5.92 Å². The summed E-state index contributed by atoms with van der Waals surface area (Å²) in [5.74, 6) is 0.702. The lowest BCUT2D eigenvalue weighted by molar-refractivity contribution is -0.117. The Hall–Kier alpha value is -3.52. The van der Waals surface area contributed by atoms with E-state index in [1.807, 2.05) is 61.5 Å². The van der Waals surface area contributed by atoms with Gasteiger partial charge in [-0.2, -0.15) is 5.26 Å². The number of nitrogens with two attached hydrogens (primary N) is 1. The first-order chi connectivity index (χ1) is 14.1. The van der Waals surface area contributed by atoms with E-state index in [0.717, 1.165) is 11.1 Å². The van der Waals surface area contributed by atoms with Crippen LogP contribution < -0.4 is 10.5 Å². The molecule has 2 aliphatic rings. The summed E-state index contributed by atoms with van der Waals surface area (Å²) < 4.78 is 11.6. The van der Waals surface area contributed by atoms with Gasteiger partial charge in [-0.3, -0.25) is 4.79 Å². The van der Waals surface area contributed by atoms with Crippen LogP contribution in [0.1, 0.15) is 42.7 Å². The molecule has 0 unspecified atom stereocenters. The van der Waals surface area contributed by atoms with Crippen molar-refractivity contribution in [1.29, 1.82) is 5.26 Å². The summed E-state index contributed by atoms with van der Waals surface area (Å²) in [6.45, 7) is 2.38. The first kappa shape index (κ1) is 18.8. The number of ketones is 1. The monoisotopic (exact) mass is 386 g/mol. The summed E-state index contributed by atoms with van der Waals surface area (Å²) in [7, 11) is 0. The minimum atomic E-state index is -0.573. The van der Waals surface area contributed by atoms with E-state index in [1.165, 1.54) is 0 Å². The number of rotatable bonds is 4. The Morgan fingerprint density at radius 1 is 1.14 bits per heavy atom. The molecule has 0 bridgehead atoms. The molecule has 0 fully saturated rings. The molecule has 1 aliphatic heterocycles. The summed E-state index contributed by atoms with van der Waals surface area (Å²) in [5, 5.41) is 9.78. The SMILES string of the molecule is CCOc1ccccc1[C@@H]1C(C#N)=C(N)OC2=C1C(=O)C[C@@H](c1ccccc1)C2. The van der Waals surface area contributed by atoms with Crippen molar-refractivity contribution in [2.24, 2.45) is 5.73 Å². The van der Waals surface area contributed by atoms with Gasteiger partial charge in [0, 0.05) is 24.0 Å². The lowest BCUT2D eigenvalue weighted by Crippen LogP contribution is -2.30. The Labute approximate surface area is 170 Å². The zero-order valence-corrected chi connectivity index (χ0v) is 16.2. The molecular formula is C24H22N2O3. The van der Waals surface area contributed by atoms with Crippen LogP contribution in [0.4, 0.5) is 0 Å². The Morgan fingerprint density at radius 3 is 2.59 bits per heavy atom. The molecule has 0 saturated heterocycles. The van der Waals surface area contributed by atoms with Gasteiger partial charge in [-0.05, 0) is 24.5 Å². The molecule has 146 valence electrons. The average Bonchev–Trinajstić information content (AvgIpc) is 2.74. The van der Waals surface area contributed by atoms with Gasteiger partial charge in [0.15, 0.2) is 5.78 Å². The Balaban J connectivity index is 1.82. The smallest absolute Gasteiger partial charge is 0.205 e. The fourth-order valence-corrected chi connectivity index (χ4v) is 4.19. The lowest BCUT2D eigenvalue weighted by atomic mass is 9.73. The fraction of sp³-hybridized carbons (Fsp3) is 0.250. The number of allylic oxidation sites excluding steroid dienone is 3. The number of hydrogen-bond donors (Lipinski definition) is 1. The van der Waals surface area contributed by atoms with Crippen LogP contribution >= 0.6 is 0 Å². The highest BCUT2D eigenvalue weighted by atomic mass is 16.5. The molecule has 0 spiro atoms. The van der Waals surface area contributed by atoms with Crippen molar-refractivity contribution in [3.63, 3.8) is 0 Å². The molecule has 5 heteroatoms. The fourth-order valence-electron chi connectivity index (χ4n) is 4.19. The van der Waals surface area contributed by atoms with E-state index >= 15 is 0 Å². The van der Waals surface area contributed by atoms with E-state index in [1.54, 1.807) is 0 Å². The maximum Gasteiger partial charge on any atom is 0.205 e. The second-order valence-electron chi connectivity index (χ2n) is 7.17. The molecule has 0 saturated carbocycles. The molecule has 0 amide bonds. The third-order valence-electron chi connectivity index (χ3n) is 5.46. The number of nitriles is 1. The van der Waals surface area contributed by atoms with Gasteiger partial charge in [0.2, 0.25) is 5.88 Å². The molecule has 0 aromatic heterocycles. The normalized spacial score (nSPS) is 21.3. The van der Waals surface area contributed by atoms with Gasteiger partial charge in [-0.15, -0.1) is 0 Å². The largest absolute Gasteiger partial charge is 0.494 e. The van der Waals surface area contributed by atoms with Crippen molar-refractivity contribution in [2.45, 2.75) is 31.6 Å². The van der Waals surface area contributed by atoms with Gasteiger partial charge in [0.05, 0.1) is 12.5 Å². The van der Waals surface area contributed by atoms with E-state index in [0.29, 0.717) is 36.5 Å². The van der Waals surface area contributed by atoms with Crippen LogP contribution in [-0.4, -0.2) is 12.4 Å². The van der Waals surface area contributed by atoms with Crippen LogP contribution in [0.2, 0.25) is 0 Å². The highest BCUT2D eigenvalue weighted by Gasteiger charge is 2.41. The zero-order chi connectivity index (χ0) is 20.4. The van der Waals surface area contributed by atoms with Gasteiger partial charge in [-0.25, -0.2) is 0 Å². The Morgan fingerprint density at radius 2 is 1.86 bits per heavy atom. The van der Waals surface area contributed by atoms with Crippen molar-refractivity contribution < 1.29 is 14.3 Å². The summed E-state index contributed by atoms with van der Waals surface area (Å²) >= 11 is 0. The molecule has 2 aromatic carbocycles. The van der Waals surface area contributed by atoms with Crippen LogP contribution in [0, 0.1) is 11.3 Å². The van der Waals surface area contributed by atoms with Crippen LogP contribution in [0.15, 0.2) is 77.4 Å². The van der Waals surface area contributed by atoms with E-state index in [4.69, 9.17) is 15.2 Å². The van der Waals surface area contributed by atoms with Gasteiger partial charge < -0.3 is 15.2 Å². The molecule has 2 atom stereocenters. The van der Waals surface area contributed by atoms with Crippen molar-refractivity contribution >= 4 is 5.78 Å². The van der Waals surface area contributed by atoms with Crippen LogP contribution in [0.5, 0.6) is 5.75 Å². The number of carbonyl (C=O) groups is 1. The third kappa shape index (κ3) is 3.38. The molecule has 2 N–H and O–H groups in total. The van der Waals surface area contributed by atoms with Crippen LogP contribution in [-0.2, 0) is 9.53 Å². The van der Waals surface area contributed by atoms with Gasteiger partial charge in [0.1, 0.15) is 23.2 Å². The highest BCUT2D eigenvalue weighted by Crippen LogP contribution is 2.48. The summed E-state index contributed by atoms with van der Waals surface area (Å²) in [4.78, 5) is 13.3. The molecule has 1 heterocycles. The molecule has 0 radical (unpaired) electrons. The Kier molecular flexibility index (Phi) is 5.09. The molecule has 4 rings (SSSR count). The van der Waals surface area contributed by atoms with E-state index in [2.05, 4.69) is 6.07 Å². The zero-order valence-electron chi connectivity index (χ0n) is 16.2. The Bertz CT molecular complexity index is 1050. The lowest BCUT2D eigenvalue weighted by Gasteiger charge is -2.34. The minimum Gasteiger partial charge on any atom is -0.494 e. The van der Waals surface area contributed by atoms with Crippen molar-refractivity contribution in [3.05, 3.63) is 88.5 Å². The minimum absolute atomic E-state index is 0.0170. The number of para-hydroxylation sites is 1. The van der Waals surface area contributed by atoms with Crippen molar-refractivity contribution in [1.82, 2.24) is 0 Å². The second-order valence-corrected chi connectivity index (χ2v) is 7.17. The number of benzene rings is 2. The molecule has 29 heavy (non-hydrogen) atoms. The predicted octanol–water partition coefficient (Wildman–Crippen LogP) is 4.29. The number of carbonyl (C=O) groups excluding carboxylic acids is 1. The molecule has 2 aromatic rings. The highest BCUT2D eigenvalue weighted by molar-refractivity contribution is 6.00. The first-order valence-corrected chi connectivity index (χ1v) is 9.74. The number of Topliss-reactive ketones (excluding diaryl/α,β-unsaturated/α-hetero) is 1. The number of ether oxygens (including phenoxy) is 2. The third-order valence-corrected chi connectivity index (χ3v) is 5.46. The molecule has 5 nitrogen and oxygen atoms in total. The molecule has 1 aliphatic carbocycles. The van der Waals surface area contributed by atoms with Gasteiger partial charge in [-0.1, -0.05) is 48.5 Å². The second kappa shape index (κ2) is 7.84. The predicted molar refractivity (Wildman–Crippen MR) is 109 cm³/mol.